The number of nitrogens with zero attached hydrogens (tertiary/aromatic N) is 1. The van der Waals surface area contributed by atoms with E-state index in [1.165, 1.54) is 19.4 Å². The Labute approximate surface area is 140 Å². The van der Waals surface area contributed by atoms with E-state index in [4.69, 9.17) is 0 Å². The molecule has 7 heteroatoms. The molecule has 0 fully saturated rings. The molecular weight excluding hydrogens is 366 g/mol. The first kappa shape index (κ1) is 17.0. The van der Waals surface area contributed by atoms with Crippen molar-refractivity contribution in [3.63, 3.8) is 0 Å². The van der Waals surface area contributed by atoms with Gasteiger partial charge in [-0.15, -0.1) is 0 Å². The van der Waals surface area contributed by atoms with Crippen molar-refractivity contribution >= 4 is 27.9 Å². The van der Waals surface area contributed by atoms with Crippen LogP contribution < -0.4 is 5.56 Å². The summed E-state index contributed by atoms with van der Waals surface area (Å²) in [5, 5.41) is 9.50. The molecule has 6 nitrogen and oxygen atoms in total. The smallest absolute Gasteiger partial charge is 0.339 e. The zero-order valence-corrected chi connectivity index (χ0v) is 13.8. The maximum absolute atomic E-state index is 12.3. The molecule has 0 amide bonds. The van der Waals surface area contributed by atoms with Gasteiger partial charge in [0.25, 0.3) is 5.56 Å². The molecule has 0 spiro atoms. The van der Waals surface area contributed by atoms with Crippen LogP contribution in [0.25, 0.3) is 0 Å². The fourth-order valence-electron chi connectivity index (χ4n) is 2.17. The molecule has 0 unspecified atom stereocenters. The number of halogens is 1. The van der Waals surface area contributed by atoms with Gasteiger partial charge in [0.2, 0.25) is 0 Å². The molecule has 0 radical (unpaired) electrons. The van der Waals surface area contributed by atoms with Crippen molar-refractivity contribution in [2.75, 3.05) is 7.11 Å². The second-order valence-corrected chi connectivity index (χ2v) is 5.68. The molecule has 120 valence electrons. The average molecular weight is 380 g/mol. The number of ether oxygens (including phenoxy) is 1. The lowest BCUT2D eigenvalue weighted by molar-refractivity contribution is -0.141. The van der Waals surface area contributed by atoms with Crippen LogP contribution in [0.4, 0.5) is 0 Å². The number of carboxylic acid groups (broad SMARTS) is 1. The Morgan fingerprint density at radius 1 is 1.30 bits per heavy atom. The number of carbonyl (C=O) groups excluding carboxylic acids is 1. The Morgan fingerprint density at radius 3 is 2.52 bits per heavy atom. The lowest BCUT2D eigenvalue weighted by atomic mass is 10.1. The highest BCUT2D eigenvalue weighted by Crippen LogP contribution is 2.17. The van der Waals surface area contributed by atoms with Crippen LogP contribution in [0.5, 0.6) is 0 Å². The van der Waals surface area contributed by atoms with Gasteiger partial charge >= 0.3 is 11.9 Å². The van der Waals surface area contributed by atoms with Crippen LogP contribution in [-0.2, 0) is 16.0 Å². The van der Waals surface area contributed by atoms with Crippen molar-refractivity contribution in [1.29, 1.82) is 0 Å². The third-order valence-corrected chi connectivity index (χ3v) is 3.88. The van der Waals surface area contributed by atoms with E-state index >= 15 is 0 Å². The normalized spacial score (nSPS) is 11.7. The number of hydrogen-bond donors (Lipinski definition) is 1. The lowest BCUT2D eigenvalue weighted by Crippen LogP contribution is -2.32. The summed E-state index contributed by atoms with van der Waals surface area (Å²) in [7, 11) is 1.21. The van der Waals surface area contributed by atoms with Gasteiger partial charge in [-0.1, -0.05) is 30.3 Å². The molecule has 1 aromatic carbocycles. The van der Waals surface area contributed by atoms with Gasteiger partial charge in [-0.05, 0) is 27.6 Å². The van der Waals surface area contributed by atoms with Gasteiger partial charge in [0.05, 0.1) is 17.1 Å². The zero-order chi connectivity index (χ0) is 17.0. The SMILES string of the molecule is COC(=O)c1cc(Br)c(=O)n([C@@H](Cc2ccccc2)C(=O)O)c1. The summed E-state index contributed by atoms with van der Waals surface area (Å²) in [4.78, 5) is 35.6. The first-order valence-electron chi connectivity index (χ1n) is 6.70. The summed E-state index contributed by atoms with van der Waals surface area (Å²) in [5.41, 5.74) is 0.339. The first-order valence-corrected chi connectivity index (χ1v) is 7.50. The number of benzene rings is 1. The summed E-state index contributed by atoms with van der Waals surface area (Å²) in [6, 6.07) is 9.13. The summed E-state index contributed by atoms with van der Waals surface area (Å²) in [5.74, 6) is -1.81. The second kappa shape index (κ2) is 7.23. The van der Waals surface area contributed by atoms with Gasteiger partial charge in [-0.2, -0.15) is 0 Å². The van der Waals surface area contributed by atoms with Crippen molar-refractivity contribution in [2.45, 2.75) is 12.5 Å². The Morgan fingerprint density at radius 2 is 1.96 bits per heavy atom. The van der Waals surface area contributed by atoms with Crippen LogP contribution in [0.3, 0.4) is 0 Å². The molecule has 2 aromatic rings. The molecule has 23 heavy (non-hydrogen) atoms. The number of rotatable bonds is 5. The summed E-state index contributed by atoms with van der Waals surface area (Å²) in [6.07, 6.45) is 1.33. The minimum Gasteiger partial charge on any atom is -0.480 e. The number of methoxy groups -OCH3 is 1. The quantitative estimate of drug-likeness (QED) is 0.805. The van der Waals surface area contributed by atoms with E-state index in [1.807, 2.05) is 6.07 Å². The Balaban J connectivity index is 2.51. The molecule has 0 aliphatic rings. The Kier molecular flexibility index (Phi) is 5.33. The number of hydrogen-bond acceptors (Lipinski definition) is 4. The third kappa shape index (κ3) is 3.87. The summed E-state index contributed by atoms with van der Waals surface area (Å²) >= 11 is 3.06. The minimum absolute atomic E-state index is 0.0956. The molecule has 1 aromatic heterocycles. The monoisotopic (exact) mass is 379 g/mol. The van der Waals surface area contributed by atoms with E-state index in [1.54, 1.807) is 24.3 Å². The maximum Gasteiger partial charge on any atom is 0.339 e. The van der Waals surface area contributed by atoms with Crippen molar-refractivity contribution in [1.82, 2.24) is 4.57 Å². The number of carbonyl (C=O) groups is 2. The largest absolute Gasteiger partial charge is 0.480 e. The molecule has 0 saturated heterocycles. The van der Waals surface area contributed by atoms with Crippen LogP contribution in [0.15, 0.2) is 51.9 Å². The predicted octanol–water partition coefficient (Wildman–Crippen LogP) is 2.27. The molecule has 0 bridgehead atoms. The van der Waals surface area contributed by atoms with Crippen molar-refractivity contribution in [2.24, 2.45) is 0 Å². The molecule has 0 saturated carbocycles. The number of aliphatic carboxylic acids is 1. The van der Waals surface area contributed by atoms with Gasteiger partial charge < -0.3 is 9.84 Å². The van der Waals surface area contributed by atoms with Crippen molar-refractivity contribution < 1.29 is 19.4 Å². The van der Waals surface area contributed by atoms with E-state index in [2.05, 4.69) is 20.7 Å². The van der Waals surface area contributed by atoms with Crippen molar-refractivity contribution in [3.8, 4) is 0 Å². The Hall–Kier alpha value is -2.41. The van der Waals surface area contributed by atoms with Crippen LogP contribution in [-0.4, -0.2) is 28.7 Å². The average Bonchev–Trinajstić information content (AvgIpc) is 2.55. The van der Waals surface area contributed by atoms with Crippen LogP contribution in [0, 0.1) is 0 Å². The highest BCUT2D eigenvalue weighted by Gasteiger charge is 2.23. The second-order valence-electron chi connectivity index (χ2n) is 4.82. The zero-order valence-electron chi connectivity index (χ0n) is 12.2. The lowest BCUT2D eigenvalue weighted by Gasteiger charge is -2.17. The molecule has 1 atom stereocenters. The van der Waals surface area contributed by atoms with E-state index in [0.717, 1.165) is 10.1 Å². The van der Waals surface area contributed by atoms with Gasteiger partial charge in [0.15, 0.2) is 0 Å². The van der Waals surface area contributed by atoms with E-state index < -0.39 is 23.5 Å². The van der Waals surface area contributed by atoms with E-state index in [-0.39, 0.29) is 16.5 Å². The van der Waals surface area contributed by atoms with E-state index in [0.29, 0.717) is 0 Å². The topological polar surface area (TPSA) is 85.6 Å². The number of esters is 1. The molecule has 2 rings (SSSR count). The summed E-state index contributed by atoms with van der Waals surface area (Å²) in [6.45, 7) is 0. The fraction of sp³-hybridized carbons (Fsp3) is 0.188. The molecule has 0 aliphatic carbocycles. The summed E-state index contributed by atoms with van der Waals surface area (Å²) < 4.78 is 5.75. The van der Waals surface area contributed by atoms with E-state index in [9.17, 15) is 19.5 Å². The maximum atomic E-state index is 12.3. The molecule has 1 heterocycles. The first-order chi connectivity index (χ1) is 10.9. The van der Waals surface area contributed by atoms with Crippen LogP contribution in [0.2, 0.25) is 0 Å². The van der Waals surface area contributed by atoms with Crippen LogP contribution >= 0.6 is 15.9 Å². The van der Waals surface area contributed by atoms with Crippen molar-refractivity contribution in [3.05, 3.63) is 68.5 Å². The highest BCUT2D eigenvalue weighted by atomic mass is 79.9. The van der Waals surface area contributed by atoms with Crippen LogP contribution in [0.1, 0.15) is 22.0 Å². The Bertz CT molecular complexity index is 785. The molecular formula is C16H14BrNO5. The van der Waals surface area contributed by atoms with Gasteiger partial charge in [0, 0.05) is 12.6 Å². The van der Waals surface area contributed by atoms with Gasteiger partial charge in [-0.25, -0.2) is 9.59 Å². The minimum atomic E-state index is -1.16. The molecule has 0 aliphatic heterocycles. The standard InChI is InChI=1S/C16H14BrNO5/c1-23-16(22)11-8-12(17)14(19)18(9-11)13(15(20)21)7-10-5-3-2-4-6-10/h2-6,8-9,13H,7H2,1H3,(H,20,21)/t13-/m0/s1. The predicted molar refractivity (Wildman–Crippen MR) is 86.6 cm³/mol. The number of carboxylic acids is 1. The number of aromatic nitrogens is 1. The van der Waals surface area contributed by atoms with Gasteiger partial charge in [0.1, 0.15) is 6.04 Å². The number of pyridine rings is 1. The highest BCUT2D eigenvalue weighted by molar-refractivity contribution is 9.10. The third-order valence-electron chi connectivity index (χ3n) is 3.31. The fourth-order valence-corrected chi connectivity index (χ4v) is 2.62. The van der Waals surface area contributed by atoms with Gasteiger partial charge in [-0.3, -0.25) is 9.36 Å². The molecule has 1 N–H and O–H groups in total.